The second-order valence-corrected chi connectivity index (χ2v) is 9.06. The van der Waals surface area contributed by atoms with Crippen molar-refractivity contribution in [2.24, 2.45) is 13.0 Å². The van der Waals surface area contributed by atoms with E-state index in [2.05, 4.69) is 22.3 Å². The standard InChI is InChI=1S/C22H27F4N5O2/c1-5-18(33-4)21-9-12(2)6-13(10-21)31(21)20(32)28-17-7-14(19-27-11-30(3)29-19)15(8-16(17)23)22(24,25)26/h7-8,11-13,18H,5-6,9-10H2,1-4H3,(H,28,32)/t12-,13?,18+,21?/m0/s1. The second-order valence-electron chi connectivity index (χ2n) is 9.06. The molecule has 1 saturated carbocycles. The topological polar surface area (TPSA) is 72.3 Å². The molecule has 2 amide bonds. The van der Waals surface area contributed by atoms with Crippen LogP contribution >= 0.6 is 0 Å². The monoisotopic (exact) mass is 469 g/mol. The molecular formula is C22H27F4N5O2. The largest absolute Gasteiger partial charge is 0.417 e. The summed E-state index contributed by atoms with van der Waals surface area (Å²) >= 11 is 0. The number of anilines is 1. The van der Waals surface area contributed by atoms with Gasteiger partial charge in [0.05, 0.1) is 22.9 Å². The Labute approximate surface area is 189 Å². The molecule has 1 saturated heterocycles. The van der Waals surface area contributed by atoms with Crippen LogP contribution in [0.2, 0.25) is 0 Å². The zero-order valence-electron chi connectivity index (χ0n) is 18.9. The molecule has 7 nitrogen and oxygen atoms in total. The minimum atomic E-state index is -4.82. The molecule has 1 N–H and O–H groups in total. The highest BCUT2D eigenvalue weighted by atomic mass is 19.4. The van der Waals surface area contributed by atoms with E-state index < -0.39 is 34.7 Å². The molecule has 2 heterocycles. The summed E-state index contributed by atoms with van der Waals surface area (Å²) in [6.45, 7) is 4.10. The van der Waals surface area contributed by atoms with Crippen molar-refractivity contribution in [3.05, 3.63) is 29.8 Å². The number of fused-ring (bicyclic) bond motifs is 2. The quantitative estimate of drug-likeness (QED) is 0.636. The number of carbonyl (C=O) groups excluding carboxylic acids is 1. The van der Waals surface area contributed by atoms with Crippen molar-refractivity contribution in [2.45, 2.75) is 63.4 Å². The Hall–Kier alpha value is -2.69. The van der Waals surface area contributed by atoms with Gasteiger partial charge >= 0.3 is 12.2 Å². The first-order chi connectivity index (χ1) is 15.5. The van der Waals surface area contributed by atoms with Gasteiger partial charge in [-0.25, -0.2) is 14.2 Å². The molecule has 2 bridgehead atoms. The predicted octanol–water partition coefficient (Wildman–Crippen LogP) is 4.84. The zero-order chi connectivity index (χ0) is 24.1. The molecule has 1 aliphatic carbocycles. The molecule has 33 heavy (non-hydrogen) atoms. The van der Waals surface area contributed by atoms with Gasteiger partial charge in [0.2, 0.25) is 0 Å². The van der Waals surface area contributed by atoms with E-state index in [9.17, 15) is 22.4 Å². The average Bonchev–Trinajstić information content (AvgIpc) is 3.15. The van der Waals surface area contributed by atoms with Crippen LogP contribution in [0.3, 0.4) is 0 Å². The minimum Gasteiger partial charge on any atom is -0.379 e. The van der Waals surface area contributed by atoms with Crippen molar-refractivity contribution >= 4 is 11.7 Å². The van der Waals surface area contributed by atoms with E-state index in [0.717, 1.165) is 25.3 Å². The molecule has 2 aromatic rings. The van der Waals surface area contributed by atoms with Crippen molar-refractivity contribution in [1.29, 1.82) is 0 Å². The summed E-state index contributed by atoms with van der Waals surface area (Å²) in [5.74, 6) is -0.985. The van der Waals surface area contributed by atoms with Gasteiger partial charge in [-0.3, -0.25) is 4.68 Å². The lowest BCUT2D eigenvalue weighted by molar-refractivity contribution is -0.162. The van der Waals surface area contributed by atoms with Crippen LogP contribution in [-0.2, 0) is 18.0 Å². The Balaban J connectivity index is 1.68. The fourth-order valence-corrected chi connectivity index (χ4v) is 5.65. The van der Waals surface area contributed by atoms with Crippen molar-refractivity contribution in [2.75, 3.05) is 12.4 Å². The number of benzene rings is 1. The fraction of sp³-hybridized carbons (Fsp3) is 0.591. The van der Waals surface area contributed by atoms with E-state index >= 15 is 0 Å². The molecule has 1 aromatic carbocycles. The maximum Gasteiger partial charge on any atom is 0.417 e. The number of urea groups is 1. The van der Waals surface area contributed by atoms with Crippen LogP contribution in [0.4, 0.5) is 28.0 Å². The first-order valence-corrected chi connectivity index (χ1v) is 10.9. The van der Waals surface area contributed by atoms with Gasteiger partial charge in [0, 0.05) is 25.8 Å². The number of aryl methyl sites for hydroxylation is 1. The lowest BCUT2D eigenvalue weighted by atomic mass is 9.61. The maximum absolute atomic E-state index is 14.8. The smallest absolute Gasteiger partial charge is 0.379 e. The molecule has 2 unspecified atom stereocenters. The Morgan fingerprint density at radius 2 is 2.09 bits per heavy atom. The van der Waals surface area contributed by atoms with Crippen LogP contribution in [0.15, 0.2) is 18.5 Å². The highest BCUT2D eigenvalue weighted by molar-refractivity contribution is 5.92. The van der Waals surface area contributed by atoms with Crippen LogP contribution in [0, 0.1) is 11.7 Å². The SMILES string of the molecule is CC[C@@H](OC)C12CC(C[C@H](C)C1)N2C(=O)Nc1cc(-c2ncn(C)n2)c(C(F)(F)F)cc1F. The predicted molar refractivity (Wildman–Crippen MR) is 113 cm³/mol. The van der Waals surface area contributed by atoms with Gasteiger partial charge in [-0.1, -0.05) is 13.8 Å². The van der Waals surface area contributed by atoms with Gasteiger partial charge in [-0.2, -0.15) is 18.3 Å². The van der Waals surface area contributed by atoms with Crippen molar-refractivity contribution in [1.82, 2.24) is 19.7 Å². The number of methoxy groups -OCH3 is 1. The third-order valence-electron chi connectivity index (χ3n) is 6.78. The number of nitrogens with one attached hydrogen (secondary N) is 1. The minimum absolute atomic E-state index is 0.0209. The molecule has 0 spiro atoms. The number of halogens is 4. The number of ether oxygens (including phenoxy) is 1. The van der Waals surface area contributed by atoms with E-state index in [4.69, 9.17) is 4.74 Å². The molecule has 4 rings (SSSR count). The first kappa shape index (κ1) is 23.5. The molecule has 2 fully saturated rings. The van der Waals surface area contributed by atoms with Crippen molar-refractivity contribution < 1.29 is 27.1 Å². The first-order valence-electron chi connectivity index (χ1n) is 10.9. The van der Waals surface area contributed by atoms with Crippen LogP contribution < -0.4 is 5.32 Å². The van der Waals surface area contributed by atoms with Gasteiger partial charge in [0.15, 0.2) is 5.82 Å². The highest BCUT2D eigenvalue weighted by Gasteiger charge is 2.61. The van der Waals surface area contributed by atoms with Gasteiger partial charge in [0.1, 0.15) is 12.1 Å². The summed E-state index contributed by atoms with van der Waals surface area (Å²) in [5.41, 5.74) is -2.48. The summed E-state index contributed by atoms with van der Waals surface area (Å²) < 4.78 is 62.4. The molecule has 0 radical (unpaired) electrons. The van der Waals surface area contributed by atoms with Gasteiger partial charge in [-0.15, -0.1) is 0 Å². The molecule has 180 valence electrons. The van der Waals surface area contributed by atoms with Gasteiger partial charge < -0.3 is 15.0 Å². The zero-order valence-corrected chi connectivity index (χ0v) is 18.9. The molecule has 2 aliphatic rings. The lowest BCUT2D eigenvalue weighted by Crippen LogP contribution is -2.76. The normalized spacial score (nSPS) is 25.5. The number of likely N-dealkylation sites (tertiary alicyclic amines) is 1. The Morgan fingerprint density at radius 3 is 2.67 bits per heavy atom. The Morgan fingerprint density at radius 1 is 1.36 bits per heavy atom. The van der Waals surface area contributed by atoms with E-state index in [0.29, 0.717) is 18.4 Å². The van der Waals surface area contributed by atoms with Crippen LogP contribution in [-0.4, -0.2) is 50.5 Å². The Kier molecular flexibility index (Phi) is 5.88. The highest BCUT2D eigenvalue weighted by Crippen LogP contribution is 2.53. The van der Waals surface area contributed by atoms with Crippen LogP contribution in [0.1, 0.15) is 45.1 Å². The summed E-state index contributed by atoms with van der Waals surface area (Å²) in [6, 6.07) is 0.754. The summed E-state index contributed by atoms with van der Waals surface area (Å²) in [5, 5.41) is 6.43. The Bertz CT molecular complexity index is 1050. The molecule has 11 heteroatoms. The number of aromatic nitrogens is 3. The third kappa shape index (κ3) is 3.96. The second kappa shape index (κ2) is 8.27. The molecule has 1 aliphatic heterocycles. The van der Waals surface area contributed by atoms with Crippen LogP contribution in [0.25, 0.3) is 11.4 Å². The number of hydrogen-bond donors (Lipinski definition) is 1. The number of rotatable bonds is 5. The maximum atomic E-state index is 14.8. The number of piperidine rings is 1. The van der Waals surface area contributed by atoms with Gasteiger partial charge in [-0.05, 0) is 43.7 Å². The molecule has 4 atom stereocenters. The number of amides is 2. The van der Waals surface area contributed by atoms with Gasteiger partial charge in [0.25, 0.3) is 0 Å². The summed E-state index contributed by atoms with van der Waals surface area (Å²) in [7, 11) is 3.12. The summed E-state index contributed by atoms with van der Waals surface area (Å²) in [4.78, 5) is 18.8. The summed E-state index contributed by atoms with van der Waals surface area (Å²) in [6.07, 6.45) is -0.707. The number of alkyl halides is 3. The van der Waals surface area contributed by atoms with E-state index in [-0.39, 0.29) is 23.7 Å². The van der Waals surface area contributed by atoms with Crippen molar-refractivity contribution in [3.8, 4) is 11.4 Å². The van der Waals surface area contributed by atoms with Crippen LogP contribution in [0.5, 0.6) is 0 Å². The molecule has 1 aromatic heterocycles. The van der Waals surface area contributed by atoms with E-state index in [1.807, 2.05) is 6.92 Å². The number of carbonyl (C=O) groups is 1. The molecular weight excluding hydrogens is 442 g/mol. The lowest BCUT2D eigenvalue weighted by Gasteiger charge is -2.65. The fourth-order valence-electron chi connectivity index (χ4n) is 5.65. The average molecular weight is 469 g/mol. The van der Waals surface area contributed by atoms with E-state index in [1.54, 1.807) is 12.0 Å². The van der Waals surface area contributed by atoms with E-state index in [1.165, 1.54) is 18.1 Å². The number of hydrogen-bond acceptors (Lipinski definition) is 4. The third-order valence-corrected chi connectivity index (χ3v) is 6.78. The number of nitrogens with zero attached hydrogens (tertiary/aromatic N) is 4. The van der Waals surface area contributed by atoms with Crippen molar-refractivity contribution in [3.63, 3.8) is 0 Å².